The first-order valence-corrected chi connectivity index (χ1v) is 31.9. The second-order valence-electron chi connectivity index (χ2n) is 28.8. The third-order valence-corrected chi connectivity index (χ3v) is 18.4. The summed E-state index contributed by atoms with van der Waals surface area (Å²) >= 11 is 0. The van der Waals surface area contributed by atoms with Crippen molar-refractivity contribution in [1.29, 1.82) is 0 Å². The molecule has 0 aliphatic rings. The van der Waals surface area contributed by atoms with Gasteiger partial charge in [0, 0.05) is 60.7 Å². The summed E-state index contributed by atoms with van der Waals surface area (Å²) < 4.78 is 4.70. The molecule has 0 radical (unpaired) electrons. The van der Waals surface area contributed by atoms with Gasteiger partial charge in [0.2, 0.25) is 0 Å². The number of aromatic hydroxyl groups is 1. The monoisotopic (exact) mass is 1380 g/mol. The van der Waals surface area contributed by atoms with Gasteiger partial charge in [-0.3, -0.25) is 9.55 Å². The van der Waals surface area contributed by atoms with Crippen LogP contribution in [0.3, 0.4) is 0 Å². The molecule has 0 unspecified atom stereocenters. The van der Waals surface area contributed by atoms with Crippen LogP contribution in [-0.4, -0.2) is 24.2 Å². The zero-order valence-corrected chi connectivity index (χ0v) is 56.9. The molecule has 0 atom stereocenters. The molecule has 3 aromatic heterocycles. The quantitative estimate of drug-likeness (QED) is 0.147. The summed E-state index contributed by atoms with van der Waals surface area (Å²) in [5.74, 6) is 0.784. The Bertz CT molecular complexity index is 5120. The number of aromatic nitrogens is 4. The number of nitrogens with zero attached hydrogens (tertiary/aromatic N) is 4. The van der Waals surface area contributed by atoms with Gasteiger partial charge < -0.3 is 9.67 Å². The van der Waals surface area contributed by atoms with Crippen molar-refractivity contribution in [2.45, 2.75) is 105 Å². The molecule has 92 heavy (non-hydrogen) atoms. The SMILES string of the molecule is CC(C)(C)c1cc(-n2c(-c3ccc(-c4c(C(C)(C)C)ccc5cc(C(C)(C)C)ccc45)cc3O)nc3c(-c4[c-]c(-c5cc(-c6cccc7c8ccccc8n(-c8ccccc8)c67)ccn5)ccc4)cc(-c4ccccc4-c4ccccc4)cc32)cc(C(C)(C)C)c1.[Pt]. The van der Waals surface area contributed by atoms with Gasteiger partial charge in [-0.2, -0.15) is 0 Å². The van der Waals surface area contributed by atoms with Crippen LogP contribution >= 0.6 is 0 Å². The predicted octanol–water partition coefficient (Wildman–Crippen LogP) is 23.0. The van der Waals surface area contributed by atoms with Crippen LogP contribution in [0.2, 0.25) is 0 Å². The summed E-state index contributed by atoms with van der Waals surface area (Å²) in [6.45, 7) is 27.3. The third kappa shape index (κ3) is 11.2. The first kappa shape index (κ1) is 61.4. The van der Waals surface area contributed by atoms with E-state index in [-0.39, 0.29) is 48.5 Å². The minimum atomic E-state index is -0.189. The van der Waals surface area contributed by atoms with Crippen molar-refractivity contribution in [3.8, 4) is 95.4 Å². The summed E-state index contributed by atoms with van der Waals surface area (Å²) in [7, 11) is 0. The van der Waals surface area contributed by atoms with E-state index in [1.54, 1.807) is 0 Å². The molecule has 14 aromatic rings. The molecule has 6 heteroatoms. The van der Waals surface area contributed by atoms with Crippen LogP contribution in [0.15, 0.2) is 243 Å². The smallest absolute Gasteiger partial charge is 0.148 e. The predicted molar refractivity (Wildman–Crippen MR) is 384 cm³/mol. The van der Waals surface area contributed by atoms with Crippen LogP contribution in [0.5, 0.6) is 5.75 Å². The topological polar surface area (TPSA) is 55.9 Å². The van der Waals surface area contributed by atoms with Crippen LogP contribution in [0.25, 0.3) is 133 Å². The number of phenolic OH excluding ortho intramolecular Hbond substituents is 1. The second-order valence-corrected chi connectivity index (χ2v) is 28.8. The number of hydrogen-bond donors (Lipinski definition) is 1. The molecule has 5 nitrogen and oxygen atoms in total. The first-order chi connectivity index (χ1) is 43.6. The van der Waals surface area contributed by atoms with E-state index in [0.717, 1.165) is 106 Å². The van der Waals surface area contributed by atoms with Gasteiger partial charge in [-0.25, -0.2) is 4.98 Å². The molecule has 0 fully saturated rings. The number of rotatable bonds is 9. The van der Waals surface area contributed by atoms with Gasteiger partial charge in [0.15, 0.2) is 0 Å². The van der Waals surface area contributed by atoms with E-state index >= 15 is 0 Å². The van der Waals surface area contributed by atoms with Crippen LogP contribution in [-0.2, 0) is 42.7 Å². The van der Waals surface area contributed by atoms with Crippen molar-refractivity contribution in [2.75, 3.05) is 0 Å². The van der Waals surface area contributed by atoms with Crippen molar-refractivity contribution < 1.29 is 26.2 Å². The van der Waals surface area contributed by atoms with Gasteiger partial charge >= 0.3 is 0 Å². The van der Waals surface area contributed by atoms with Gasteiger partial charge in [-0.05, 0) is 148 Å². The molecular formula is C86H77N4OPt-. The van der Waals surface area contributed by atoms with Gasteiger partial charge in [0.05, 0.1) is 27.6 Å². The van der Waals surface area contributed by atoms with E-state index in [1.807, 2.05) is 12.3 Å². The number of phenols is 1. The van der Waals surface area contributed by atoms with Gasteiger partial charge in [-0.15, -0.1) is 29.8 Å². The number of hydrogen-bond acceptors (Lipinski definition) is 3. The minimum Gasteiger partial charge on any atom is -0.507 e. The van der Waals surface area contributed by atoms with Crippen LogP contribution < -0.4 is 0 Å². The number of fused-ring (bicyclic) bond motifs is 5. The molecule has 0 spiro atoms. The summed E-state index contributed by atoms with van der Waals surface area (Å²) in [5.41, 5.74) is 23.1. The Kier molecular flexibility index (Phi) is 15.6. The molecule has 0 saturated carbocycles. The Morgan fingerprint density at radius 1 is 0.380 bits per heavy atom. The fourth-order valence-electron chi connectivity index (χ4n) is 13.4. The van der Waals surface area contributed by atoms with Crippen LogP contribution in [0.4, 0.5) is 0 Å². The van der Waals surface area contributed by atoms with Gasteiger partial charge in [0.1, 0.15) is 11.6 Å². The maximum absolute atomic E-state index is 13.0. The van der Waals surface area contributed by atoms with Crippen LogP contribution in [0.1, 0.15) is 105 Å². The molecule has 0 aliphatic heterocycles. The van der Waals surface area contributed by atoms with E-state index in [9.17, 15) is 5.11 Å². The average molecular weight is 1380 g/mol. The van der Waals surface area contributed by atoms with Crippen molar-refractivity contribution in [3.63, 3.8) is 0 Å². The summed E-state index contributed by atoms with van der Waals surface area (Å²) in [4.78, 5) is 10.9. The zero-order chi connectivity index (χ0) is 63.3. The van der Waals surface area contributed by atoms with Crippen molar-refractivity contribution >= 4 is 43.6 Å². The second kappa shape index (κ2) is 23.4. The fourth-order valence-corrected chi connectivity index (χ4v) is 13.4. The minimum absolute atomic E-state index is 0. The van der Waals surface area contributed by atoms with E-state index in [4.69, 9.17) is 9.97 Å². The molecule has 458 valence electrons. The summed E-state index contributed by atoms with van der Waals surface area (Å²) in [6, 6.07) is 89.3. The number of para-hydroxylation sites is 3. The molecule has 0 aliphatic carbocycles. The van der Waals surface area contributed by atoms with Crippen LogP contribution in [0, 0.1) is 6.07 Å². The van der Waals surface area contributed by atoms with E-state index in [0.29, 0.717) is 11.4 Å². The summed E-state index contributed by atoms with van der Waals surface area (Å²) in [5, 5.41) is 17.8. The number of imidazole rings is 1. The first-order valence-electron chi connectivity index (χ1n) is 31.9. The fraction of sp³-hybridized carbons (Fsp3) is 0.186. The van der Waals surface area contributed by atoms with E-state index in [2.05, 4.69) is 329 Å². The van der Waals surface area contributed by atoms with Gasteiger partial charge in [0.25, 0.3) is 0 Å². The molecule has 0 saturated heterocycles. The average Bonchev–Trinajstić information content (AvgIpc) is 1.53. The normalized spacial score (nSPS) is 12.3. The Labute approximate surface area is 556 Å². The molecule has 11 aromatic carbocycles. The number of pyridine rings is 1. The third-order valence-electron chi connectivity index (χ3n) is 18.4. The number of benzene rings is 11. The van der Waals surface area contributed by atoms with Gasteiger partial charge in [-0.1, -0.05) is 258 Å². The largest absolute Gasteiger partial charge is 0.507 e. The molecule has 0 amide bonds. The van der Waals surface area contributed by atoms with E-state index in [1.165, 1.54) is 38.4 Å². The Balaban J connectivity index is 0.00000773. The van der Waals surface area contributed by atoms with Crippen molar-refractivity contribution in [3.05, 3.63) is 271 Å². The molecule has 0 bridgehead atoms. The zero-order valence-electron chi connectivity index (χ0n) is 54.6. The maximum atomic E-state index is 13.0. The maximum Gasteiger partial charge on any atom is 0.148 e. The van der Waals surface area contributed by atoms with E-state index < -0.39 is 0 Å². The standard InChI is InChI=1S/C86H77N4O.Pt/c1-83(2,3)61-39-41-68-56(46-61)38-42-74(86(10,11)12)79(68)59-37-40-72(78(91)50-59)82-88-80-73(47-60(67-32-20-19-31-66(67)54-25-15-13-16-26-54)49-77(80)90(82)65-52-62(84(4,5)6)51-63(53-65)85(7,8)9)55-27-23-28-58(45-55)75-48-57(43-44-87-75)69-34-24-35-71-70-33-21-22-36-76(70)89(81(69)71)64-29-17-14-18-30-64;/h13-44,46-53,91H,1-12H3;/q-1;. The molecule has 3 heterocycles. The molecule has 14 rings (SSSR count). The summed E-state index contributed by atoms with van der Waals surface area (Å²) in [6.07, 6.45) is 1.93. The van der Waals surface area contributed by atoms with Crippen molar-refractivity contribution in [1.82, 2.24) is 19.1 Å². The molecular weight excluding hydrogens is 1300 g/mol. The Morgan fingerprint density at radius 2 is 1.01 bits per heavy atom. The Hall–Kier alpha value is -9.41. The molecule has 1 N–H and O–H groups in total. The Morgan fingerprint density at radius 3 is 1.71 bits per heavy atom. The van der Waals surface area contributed by atoms with Crippen molar-refractivity contribution in [2.24, 2.45) is 0 Å².